The molecular weight excluding hydrogens is 517 g/mol. The van der Waals surface area contributed by atoms with Gasteiger partial charge in [0.2, 0.25) is 0 Å². The van der Waals surface area contributed by atoms with Crippen molar-refractivity contribution in [2.24, 2.45) is 0 Å². The number of carboxylic acid groups (broad SMARTS) is 1. The number of fused-ring (bicyclic) bond motifs is 2. The first-order chi connectivity index (χ1) is 19.2. The summed E-state index contributed by atoms with van der Waals surface area (Å²) in [4.78, 5) is 11.4. The van der Waals surface area contributed by atoms with Gasteiger partial charge in [-0.2, -0.15) is 0 Å². The SMILES string of the molecule is O=C(O)c1cccc(Cn2ccc3ccc(-c4ccc5ccn(Cc6cccc(OC(F)(F)F)c6)c5c4)cc32)c1. The normalized spacial score (nSPS) is 11.8. The zero-order chi connectivity index (χ0) is 27.9. The fraction of sp³-hybridized carbons (Fsp3) is 0.0938. The molecule has 200 valence electrons. The lowest BCUT2D eigenvalue weighted by Crippen LogP contribution is -2.17. The summed E-state index contributed by atoms with van der Waals surface area (Å²) in [6.07, 6.45) is -0.824. The van der Waals surface area contributed by atoms with Crippen molar-refractivity contribution < 1.29 is 27.8 Å². The van der Waals surface area contributed by atoms with Crippen LogP contribution in [-0.4, -0.2) is 26.6 Å². The van der Waals surface area contributed by atoms with Gasteiger partial charge in [-0.3, -0.25) is 0 Å². The first-order valence-electron chi connectivity index (χ1n) is 12.6. The van der Waals surface area contributed by atoms with E-state index in [9.17, 15) is 23.1 Å². The van der Waals surface area contributed by atoms with Crippen LogP contribution < -0.4 is 4.74 Å². The van der Waals surface area contributed by atoms with E-state index in [1.165, 1.54) is 12.1 Å². The summed E-state index contributed by atoms with van der Waals surface area (Å²) >= 11 is 0. The molecule has 0 fully saturated rings. The molecule has 5 nitrogen and oxygen atoms in total. The number of ether oxygens (including phenoxy) is 1. The van der Waals surface area contributed by atoms with Crippen molar-refractivity contribution in [2.45, 2.75) is 19.5 Å². The Bertz CT molecular complexity index is 1870. The predicted molar refractivity (Wildman–Crippen MR) is 148 cm³/mol. The molecule has 1 N–H and O–H groups in total. The Labute approximate surface area is 227 Å². The van der Waals surface area contributed by atoms with Gasteiger partial charge in [0.05, 0.1) is 5.56 Å². The zero-order valence-corrected chi connectivity index (χ0v) is 21.1. The third-order valence-electron chi connectivity index (χ3n) is 6.89. The highest BCUT2D eigenvalue weighted by Crippen LogP contribution is 2.30. The van der Waals surface area contributed by atoms with Gasteiger partial charge in [-0.05, 0) is 81.6 Å². The predicted octanol–water partition coefficient (Wildman–Crippen LogP) is 7.96. The molecule has 0 bridgehead atoms. The molecule has 0 radical (unpaired) electrons. The lowest BCUT2D eigenvalue weighted by atomic mass is 10.0. The molecule has 8 heteroatoms. The van der Waals surface area contributed by atoms with Crippen LogP contribution in [0.15, 0.2) is 109 Å². The highest BCUT2D eigenvalue weighted by Gasteiger charge is 2.31. The summed E-state index contributed by atoms with van der Waals surface area (Å²) in [6.45, 7) is 0.923. The molecule has 0 saturated heterocycles. The highest BCUT2D eigenvalue weighted by molar-refractivity contribution is 5.90. The monoisotopic (exact) mass is 540 g/mol. The summed E-state index contributed by atoms with van der Waals surface area (Å²) in [5.41, 5.74) is 5.84. The molecule has 0 aliphatic carbocycles. The summed E-state index contributed by atoms with van der Waals surface area (Å²) < 4.78 is 46.2. The van der Waals surface area contributed by atoms with Crippen LogP contribution in [0.3, 0.4) is 0 Å². The molecule has 6 rings (SSSR count). The number of alkyl halides is 3. The quantitative estimate of drug-likeness (QED) is 0.224. The molecule has 0 unspecified atom stereocenters. The summed E-state index contributed by atoms with van der Waals surface area (Å²) in [5.74, 6) is -1.20. The van der Waals surface area contributed by atoms with Gasteiger partial charge < -0.3 is 19.0 Å². The molecule has 4 aromatic carbocycles. The zero-order valence-electron chi connectivity index (χ0n) is 21.1. The maximum atomic E-state index is 12.7. The van der Waals surface area contributed by atoms with Crippen LogP contribution in [0.2, 0.25) is 0 Å². The molecule has 0 saturated carbocycles. The molecule has 2 aromatic heterocycles. The molecule has 0 spiro atoms. The fourth-order valence-electron chi connectivity index (χ4n) is 5.04. The van der Waals surface area contributed by atoms with E-state index >= 15 is 0 Å². The molecule has 0 atom stereocenters. The molecule has 0 amide bonds. The van der Waals surface area contributed by atoms with E-state index in [4.69, 9.17) is 0 Å². The van der Waals surface area contributed by atoms with Gasteiger partial charge in [-0.1, -0.05) is 48.5 Å². The van der Waals surface area contributed by atoms with Crippen molar-refractivity contribution in [1.82, 2.24) is 9.13 Å². The number of rotatable bonds is 7. The number of carboxylic acids is 1. The Balaban J connectivity index is 1.31. The lowest BCUT2D eigenvalue weighted by molar-refractivity contribution is -0.274. The molecule has 6 aromatic rings. The Morgan fingerprint density at radius 2 is 1.25 bits per heavy atom. The van der Waals surface area contributed by atoms with Crippen LogP contribution in [0.1, 0.15) is 21.5 Å². The Morgan fingerprint density at radius 1 is 0.700 bits per heavy atom. The van der Waals surface area contributed by atoms with E-state index in [1.54, 1.807) is 30.3 Å². The fourth-order valence-corrected chi connectivity index (χ4v) is 5.04. The first-order valence-corrected chi connectivity index (χ1v) is 12.6. The van der Waals surface area contributed by atoms with E-state index in [2.05, 4.69) is 39.6 Å². The van der Waals surface area contributed by atoms with Gasteiger partial charge in [-0.25, -0.2) is 4.79 Å². The number of carbonyl (C=O) groups is 1. The lowest BCUT2D eigenvalue weighted by Gasteiger charge is -2.12. The van der Waals surface area contributed by atoms with E-state index in [0.717, 1.165) is 38.5 Å². The van der Waals surface area contributed by atoms with E-state index in [1.807, 2.05) is 41.2 Å². The van der Waals surface area contributed by atoms with Crippen molar-refractivity contribution in [3.05, 3.63) is 126 Å². The second-order valence-electron chi connectivity index (χ2n) is 9.64. The van der Waals surface area contributed by atoms with Crippen LogP contribution in [-0.2, 0) is 13.1 Å². The first kappa shape index (κ1) is 25.3. The average molecular weight is 541 g/mol. The van der Waals surface area contributed by atoms with Crippen molar-refractivity contribution in [1.29, 1.82) is 0 Å². The number of nitrogens with zero attached hydrogens (tertiary/aromatic N) is 2. The molecule has 0 aliphatic heterocycles. The third-order valence-corrected chi connectivity index (χ3v) is 6.89. The number of hydrogen-bond donors (Lipinski definition) is 1. The molecule has 2 heterocycles. The van der Waals surface area contributed by atoms with E-state index in [-0.39, 0.29) is 11.3 Å². The second-order valence-corrected chi connectivity index (χ2v) is 9.64. The van der Waals surface area contributed by atoms with Crippen LogP contribution in [0.25, 0.3) is 32.9 Å². The maximum Gasteiger partial charge on any atom is 0.573 e. The number of halogens is 3. The van der Waals surface area contributed by atoms with Gasteiger partial charge in [0, 0.05) is 36.5 Å². The molecule has 40 heavy (non-hydrogen) atoms. The summed E-state index contributed by atoms with van der Waals surface area (Å²) in [5, 5.41) is 11.4. The maximum absolute atomic E-state index is 12.7. The number of hydrogen-bond acceptors (Lipinski definition) is 2. The number of aromatic carboxylic acids is 1. The van der Waals surface area contributed by atoms with Crippen LogP contribution in [0, 0.1) is 0 Å². The minimum atomic E-state index is -4.74. The average Bonchev–Trinajstić information content (AvgIpc) is 3.51. The Morgan fingerprint density at radius 3 is 1.80 bits per heavy atom. The molecule has 0 aliphatic rings. The topological polar surface area (TPSA) is 56.4 Å². The smallest absolute Gasteiger partial charge is 0.478 e. The van der Waals surface area contributed by atoms with Gasteiger partial charge in [0.1, 0.15) is 5.75 Å². The number of benzene rings is 4. The van der Waals surface area contributed by atoms with E-state index in [0.29, 0.717) is 18.7 Å². The van der Waals surface area contributed by atoms with Crippen molar-refractivity contribution in [3.63, 3.8) is 0 Å². The van der Waals surface area contributed by atoms with Crippen LogP contribution >= 0.6 is 0 Å². The van der Waals surface area contributed by atoms with Gasteiger partial charge in [-0.15, -0.1) is 13.2 Å². The largest absolute Gasteiger partial charge is 0.573 e. The number of aromatic nitrogens is 2. The minimum absolute atomic E-state index is 0.242. The second kappa shape index (κ2) is 9.96. The van der Waals surface area contributed by atoms with Crippen molar-refractivity contribution in [2.75, 3.05) is 0 Å². The van der Waals surface area contributed by atoms with Crippen LogP contribution in [0.5, 0.6) is 5.75 Å². The standard InChI is InChI=1S/C32H23F3N2O3/c33-32(34,35)40-28-6-2-4-22(16-28)20-37-14-12-24-8-10-26(18-30(24)37)25-9-7-23-11-13-36(29(23)17-25)19-21-3-1-5-27(15-21)31(38)39/h1-18H,19-20H2,(H,38,39). The molecular formula is C32H23F3N2O3. The summed E-state index contributed by atoms with van der Waals surface area (Å²) in [7, 11) is 0. The summed E-state index contributed by atoms with van der Waals surface area (Å²) in [6, 6.07) is 29.3. The third kappa shape index (κ3) is 5.29. The van der Waals surface area contributed by atoms with Gasteiger partial charge in [0.15, 0.2) is 0 Å². The Hall–Kier alpha value is -4.98. The van der Waals surface area contributed by atoms with Crippen molar-refractivity contribution in [3.8, 4) is 16.9 Å². The van der Waals surface area contributed by atoms with Crippen molar-refractivity contribution >= 4 is 27.8 Å². The van der Waals surface area contributed by atoms with Gasteiger partial charge in [0.25, 0.3) is 0 Å². The van der Waals surface area contributed by atoms with Crippen LogP contribution in [0.4, 0.5) is 13.2 Å². The highest BCUT2D eigenvalue weighted by atomic mass is 19.4. The van der Waals surface area contributed by atoms with E-state index < -0.39 is 12.3 Å². The Kier molecular flexibility index (Phi) is 6.30. The minimum Gasteiger partial charge on any atom is -0.478 e. The van der Waals surface area contributed by atoms with Gasteiger partial charge >= 0.3 is 12.3 Å².